The summed E-state index contributed by atoms with van der Waals surface area (Å²) in [5, 5.41) is 0. The molecule has 0 spiro atoms. The van der Waals surface area contributed by atoms with Gasteiger partial charge in [0.25, 0.3) is 0 Å². The van der Waals surface area contributed by atoms with Crippen molar-refractivity contribution in [3.05, 3.63) is 0 Å². The molecular weight excluding hydrogens is 277 g/mol. The van der Waals surface area contributed by atoms with Gasteiger partial charge in [0.2, 0.25) is 0 Å². The van der Waals surface area contributed by atoms with E-state index in [1.165, 1.54) is 64.2 Å². The zero-order valence-corrected chi connectivity index (χ0v) is 16.1. The van der Waals surface area contributed by atoms with Crippen molar-refractivity contribution in [2.45, 2.75) is 69.0 Å². The second kappa shape index (κ2) is 14.1. The van der Waals surface area contributed by atoms with Gasteiger partial charge in [-0.2, -0.15) is 0 Å². The Morgan fingerprint density at radius 3 is 1.38 bits per heavy atom. The van der Waals surface area contributed by atoms with Crippen molar-refractivity contribution < 1.29 is 0 Å². The minimum atomic E-state index is 0.886. The molecule has 0 bridgehead atoms. The van der Waals surface area contributed by atoms with Crippen LogP contribution in [0.3, 0.4) is 0 Å². The second-order valence-electron chi connectivity index (χ2n) is 4.18. The molecule has 13 heavy (non-hydrogen) atoms. The fourth-order valence-corrected chi connectivity index (χ4v) is 3.31. The van der Waals surface area contributed by atoms with E-state index in [4.69, 9.17) is 0 Å². The average molecular weight is 302 g/mol. The van der Waals surface area contributed by atoms with Crippen LogP contribution >= 0.6 is 0 Å². The van der Waals surface area contributed by atoms with Crippen LogP contribution in [0.15, 0.2) is 0 Å². The quantitative estimate of drug-likeness (QED) is 0.521. The molecule has 0 radical (unpaired) electrons. The zero-order chi connectivity index (χ0) is 9.78. The average Bonchev–Trinajstić information content (AvgIpc) is 2.16. The van der Waals surface area contributed by atoms with Gasteiger partial charge in [0, 0.05) is 0 Å². The second-order valence-corrected chi connectivity index (χ2v) is 7.32. The molecule has 0 unspecified atom stereocenters. The van der Waals surface area contributed by atoms with Crippen LogP contribution in [0.1, 0.15) is 71.1 Å². The number of hydrogen-bond donors (Lipinski definition) is 0. The van der Waals surface area contributed by atoms with Crippen LogP contribution in [0.4, 0.5) is 0 Å². The van der Waals surface area contributed by atoms with Crippen LogP contribution in [0.5, 0.6) is 0 Å². The van der Waals surface area contributed by atoms with Crippen LogP contribution in [-0.2, 0) is 0 Å². The van der Waals surface area contributed by atoms with Gasteiger partial charge in [-0.1, -0.05) is 0 Å². The summed E-state index contributed by atoms with van der Waals surface area (Å²) in [5.41, 5.74) is 0. The van der Waals surface area contributed by atoms with E-state index in [1.54, 1.807) is -2.15 Å². The molecule has 0 heterocycles. The summed E-state index contributed by atoms with van der Waals surface area (Å²) in [4.78, 5) is 0. The van der Waals surface area contributed by atoms with E-state index >= 15 is 0 Å². The SMILES string of the molecule is CCCCCCCCCCC[CH2][Cs]. The standard InChI is InChI=1S/C12H25.Cs/c1-3-5-7-9-11-12-10-8-6-4-2;/h1,3-12H2,2H3;. The van der Waals surface area contributed by atoms with Crippen LogP contribution in [0, 0.1) is 0 Å². The maximum atomic E-state index is 2.29. The third-order valence-electron chi connectivity index (χ3n) is 2.71. The Kier molecular flexibility index (Phi) is 16.3. The van der Waals surface area contributed by atoms with Crippen molar-refractivity contribution in [3.63, 3.8) is 0 Å². The molecule has 0 aliphatic heterocycles. The number of hydrogen-bond acceptors (Lipinski definition) is 0. The molecule has 0 saturated heterocycles. The molecule has 0 aliphatic rings. The van der Waals surface area contributed by atoms with E-state index < -0.39 is 0 Å². The van der Waals surface area contributed by atoms with Crippen LogP contribution in [-0.4, -0.2) is 65.9 Å². The molecule has 0 nitrogen and oxygen atoms in total. The normalized spacial score (nSPS) is 10.7. The first kappa shape index (κ1) is 15.1. The molecule has 0 rings (SSSR count). The Balaban J connectivity index is 2.76. The van der Waals surface area contributed by atoms with Crippen molar-refractivity contribution in [3.8, 4) is 0 Å². The van der Waals surface area contributed by atoms with Crippen molar-refractivity contribution >= 4 is 65.9 Å². The van der Waals surface area contributed by atoms with E-state index in [0.717, 1.165) is 65.9 Å². The molecule has 0 aromatic heterocycles. The van der Waals surface area contributed by atoms with E-state index in [-0.39, 0.29) is 0 Å². The van der Waals surface area contributed by atoms with Gasteiger partial charge < -0.3 is 0 Å². The third-order valence-corrected chi connectivity index (χ3v) is 4.93. The fourth-order valence-electron chi connectivity index (χ4n) is 1.74. The van der Waals surface area contributed by atoms with E-state index in [1.807, 2.05) is 0 Å². The predicted molar refractivity (Wildman–Crippen MR) is 62.4 cm³/mol. The summed E-state index contributed by atoms with van der Waals surface area (Å²) in [6.07, 6.45) is 14.8. The maximum absolute atomic E-state index is 2.29. The van der Waals surface area contributed by atoms with Gasteiger partial charge >= 0.3 is 135 Å². The van der Waals surface area contributed by atoms with E-state index in [9.17, 15) is 0 Å². The summed E-state index contributed by atoms with van der Waals surface area (Å²) in [6, 6.07) is 0. The van der Waals surface area contributed by atoms with Gasteiger partial charge in [-0.15, -0.1) is 0 Å². The van der Waals surface area contributed by atoms with Crippen molar-refractivity contribution in [2.24, 2.45) is 0 Å². The van der Waals surface area contributed by atoms with Gasteiger partial charge in [0.15, 0.2) is 0 Å². The third kappa shape index (κ3) is 14.1. The molecule has 0 atom stereocenters. The Morgan fingerprint density at radius 2 is 1.00 bits per heavy atom. The summed E-state index contributed by atoms with van der Waals surface area (Å²) in [7, 11) is 0. The molecule has 0 amide bonds. The fraction of sp³-hybridized carbons (Fsp3) is 1.00. The molecular formula is C12H25Cs. The van der Waals surface area contributed by atoms with Crippen molar-refractivity contribution in [1.29, 1.82) is 0 Å². The van der Waals surface area contributed by atoms with Crippen LogP contribution in [0.2, 0.25) is -2.15 Å². The summed E-state index contributed by atoms with van der Waals surface area (Å²) in [6.45, 7) is 2.29. The Hall–Kier alpha value is 2.05. The summed E-state index contributed by atoms with van der Waals surface area (Å²) in [5.74, 6) is 0. The molecule has 1 heteroatoms. The van der Waals surface area contributed by atoms with Gasteiger partial charge in [0.1, 0.15) is 0 Å². The van der Waals surface area contributed by atoms with Gasteiger partial charge in [-0.05, 0) is 0 Å². The topological polar surface area (TPSA) is 0 Å². The first-order chi connectivity index (χ1) is 6.41. The van der Waals surface area contributed by atoms with E-state index in [2.05, 4.69) is 6.92 Å². The molecule has 0 saturated carbocycles. The van der Waals surface area contributed by atoms with Gasteiger partial charge in [-0.25, -0.2) is 0 Å². The molecule has 74 valence electrons. The van der Waals surface area contributed by atoms with Gasteiger partial charge in [-0.3, -0.25) is 0 Å². The first-order valence-corrected chi connectivity index (χ1v) is 10.9. The first-order valence-electron chi connectivity index (χ1n) is 6.41. The summed E-state index contributed by atoms with van der Waals surface area (Å²) < 4.78 is 1.59. The molecule has 0 aliphatic carbocycles. The Bertz CT molecular complexity index is 71.2. The van der Waals surface area contributed by atoms with E-state index in [0.29, 0.717) is 0 Å². The molecule has 0 N–H and O–H groups in total. The van der Waals surface area contributed by atoms with Crippen LogP contribution < -0.4 is 0 Å². The monoisotopic (exact) mass is 302 g/mol. The predicted octanol–water partition coefficient (Wildman–Crippen LogP) is 4.49. The Labute approximate surface area is 132 Å². The molecule has 0 aromatic carbocycles. The minimum absolute atomic E-state index is 0.886. The van der Waals surface area contributed by atoms with Gasteiger partial charge in [0.05, 0.1) is 0 Å². The molecule has 0 fully saturated rings. The number of rotatable bonds is 10. The number of unbranched alkanes of at least 4 members (excludes halogenated alkanes) is 9. The molecule has 0 aromatic rings. The van der Waals surface area contributed by atoms with Crippen molar-refractivity contribution in [2.75, 3.05) is 0 Å². The Morgan fingerprint density at radius 1 is 0.615 bits per heavy atom. The summed E-state index contributed by atoms with van der Waals surface area (Å²) >= 11 is 0.886. The van der Waals surface area contributed by atoms with Crippen molar-refractivity contribution in [1.82, 2.24) is 0 Å². The van der Waals surface area contributed by atoms with Crippen LogP contribution in [0.25, 0.3) is 0 Å². The zero-order valence-electron chi connectivity index (χ0n) is 9.78.